The van der Waals surface area contributed by atoms with E-state index in [0.29, 0.717) is 34.7 Å². The van der Waals surface area contributed by atoms with Crippen molar-refractivity contribution in [3.05, 3.63) is 22.2 Å². The molecule has 0 fully saturated rings. The van der Waals surface area contributed by atoms with Crippen molar-refractivity contribution >= 4 is 27.8 Å². The number of hydrogen-bond acceptors (Lipinski definition) is 5. The van der Waals surface area contributed by atoms with E-state index in [2.05, 4.69) is 21.2 Å². The molecule has 0 saturated heterocycles. The van der Waals surface area contributed by atoms with Crippen LogP contribution in [0.15, 0.2) is 16.6 Å². The first-order valence-electron chi connectivity index (χ1n) is 6.16. The molecule has 1 aromatic rings. The molecule has 2 N–H and O–H groups in total. The van der Waals surface area contributed by atoms with Gasteiger partial charge in [0.15, 0.2) is 17.6 Å². The molecule has 114 valence electrons. The SMILES string of the molecule is COC(CNC(=O)c1cc(Br)c2c(c1)OCCO2)C(=O)O. The Bertz CT molecular complexity index is 562. The van der Waals surface area contributed by atoms with Gasteiger partial charge in [0.05, 0.1) is 11.0 Å². The zero-order chi connectivity index (χ0) is 15.4. The summed E-state index contributed by atoms with van der Waals surface area (Å²) in [7, 11) is 1.27. The molecule has 0 spiro atoms. The zero-order valence-electron chi connectivity index (χ0n) is 11.2. The lowest BCUT2D eigenvalue weighted by molar-refractivity contribution is -0.148. The van der Waals surface area contributed by atoms with Crippen LogP contribution in [0.2, 0.25) is 0 Å². The van der Waals surface area contributed by atoms with E-state index in [-0.39, 0.29) is 6.54 Å². The number of nitrogens with one attached hydrogen (secondary N) is 1. The van der Waals surface area contributed by atoms with Gasteiger partial charge in [-0.1, -0.05) is 0 Å². The Morgan fingerprint density at radius 1 is 1.43 bits per heavy atom. The van der Waals surface area contributed by atoms with Crippen molar-refractivity contribution in [2.75, 3.05) is 26.9 Å². The molecule has 21 heavy (non-hydrogen) atoms. The summed E-state index contributed by atoms with van der Waals surface area (Å²) in [6, 6.07) is 3.14. The summed E-state index contributed by atoms with van der Waals surface area (Å²) in [6.45, 7) is 0.733. The number of benzene rings is 1. The van der Waals surface area contributed by atoms with Crippen molar-refractivity contribution in [1.82, 2.24) is 5.32 Å². The number of halogens is 1. The van der Waals surface area contributed by atoms with E-state index in [1.54, 1.807) is 12.1 Å². The fraction of sp³-hybridized carbons (Fsp3) is 0.385. The van der Waals surface area contributed by atoms with Crippen LogP contribution in [0.3, 0.4) is 0 Å². The number of aliphatic carboxylic acids is 1. The number of hydrogen-bond donors (Lipinski definition) is 2. The molecule has 1 aromatic carbocycles. The lowest BCUT2D eigenvalue weighted by Gasteiger charge is -2.20. The maximum atomic E-state index is 12.0. The number of carboxylic acids is 1. The molecule has 0 saturated carbocycles. The highest BCUT2D eigenvalue weighted by molar-refractivity contribution is 9.10. The Morgan fingerprint density at radius 2 is 2.14 bits per heavy atom. The molecule has 7 nitrogen and oxygen atoms in total. The summed E-state index contributed by atoms with van der Waals surface area (Å²) < 4.78 is 16.2. The third-order valence-electron chi connectivity index (χ3n) is 2.87. The van der Waals surface area contributed by atoms with Gasteiger partial charge in [-0.15, -0.1) is 0 Å². The molecule has 0 radical (unpaired) electrons. The Labute approximate surface area is 129 Å². The van der Waals surface area contributed by atoms with Gasteiger partial charge in [-0.25, -0.2) is 4.79 Å². The van der Waals surface area contributed by atoms with Crippen LogP contribution in [-0.4, -0.2) is 50.0 Å². The molecule has 1 heterocycles. The van der Waals surface area contributed by atoms with Crippen molar-refractivity contribution in [1.29, 1.82) is 0 Å². The number of carbonyl (C=O) groups excluding carboxylic acids is 1. The van der Waals surface area contributed by atoms with Crippen LogP contribution < -0.4 is 14.8 Å². The van der Waals surface area contributed by atoms with Crippen LogP contribution in [0.25, 0.3) is 0 Å². The molecule has 0 bridgehead atoms. The van der Waals surface area contributed by atoms with Gasteiger partial charge in [0, 0.05) is 12.7 Å². The van der Waals surface area contributed by atoms with Crippen LogP contribution in [-0.2, 0) is 9.53 Å². The first kappa shape index (κ1) is 15.6. The van der Waals surface area contributed by atoms with E-state index in [4.69, 9.17) is 19.3 Å². The second-order valence-corrected chi connectivity index (χ2v) is 5.11. The van der Waals surface area contributed by atoms with E-state index in [0.717, 1.165) is 0 Å². The first-order chi connectivity index (χ1) is 10.0. The monoisotopic (exact) mass is 359 g/mol. The number of fused-ring (bicyclic) bond motifs is 1. The molecular formula is C13H14BrNO6. The van der Waals surface area contributed by atoms with Crippen molar-refractivity contribution < 1.29 is 28.9 Å². The molecule has 1 unspecified atom stereocenters. The molecule has 8 heteroatoms. The lowest BCUT2D eigenvalue weighted by Crippen LogP contribution is -2.37. The summed E-state index contributed by atoms with van der Waals surface area (Å²) in [4.78, 5) is 22.9. The molecule has 1 amide bonds. The average Bonchev–Trinajstić information content (AvgIpc) is 2.47. The third kappa shape index (κ3) is 3.64. The fourth-order valence-corrected chi connectivity index (χ4v) is 2.36. The van der Waals surface area contributed by atoms with Gasteiger partial charge in [-0.05, 0) is 28.1 Å². The van der Waals surface area contributed by atoms with Gasteiger partial charge in [0.25, 0.3) is 5.91 Å². The average molecular weight is 360 g/mol. The predicted molar refractivity (Wildman–Crippen MR) is 75.9 cm³/mol. The predicted octanol–water partition coefficient (Wildman–Crippen LogP) is 1.05. The van der Waals surface area contributed by atoms with Crippen LogP contribution >= 0.6 is 15.9 Å². The van der Waals surface area contributed by atoms with Gasteiger partial charge in [0.1, 0.15) is 13.2 Å². The molecular weight excluding hydrogens is 346 g/mol. The van der Waals surface area contributed by atoms with Crippen LogP contribution in [0, 0.1) is 0 Å². The highest BCUT2D eigenvalue weighted by Gasteiger charge is 2.21. The summed E-state index contributed by atoms with van der Waals surface area (Å²) in [5.74, 6) is -0.530. The number of methoxy groups -OCH3 is 1. The maximum Gasteiger partial charge on any atom is 0.334 e. The van der Waals surface area contributed by atoms with Gasteiger partial charge in [0.2, 0.25) is 0 Å². The highest BCUT2D eigenvalue weighted by Crippen LogP contribution is 2.38. The number of ether oxygens (including phenoxy) is 3. The van der Waals surface area contributed by atoms with Gasteiger partial charge < -0.3 is 24.6 Å². The van der Waals surface area contributed by atoms with Crippen LogP contribution in [0.5, 0.6) is 11.5 Å². The number of amides is 1. The normalized spacial score (nSPS) is 14.4. The van der Waals surface area contributed by atoms with Crippen molar-refractivity contribution in [2.45, 2.75) is 6.10 Å². The minimum atomic E-state index is -1.14. The molecule has 0 aliphatic carbocycles. The Hall–Kier alpha value is -1.80. The lowest BCUT2D eigenvalue weighted by atomic mass is 10.1. The second-order valence-electron chi connectivity index (χ2n) is 4.25. The van der Waals surface area contributed by atoms with Crippen molar-refractivity contribution in [3.63, 3.8) is 0 Å². The summed E-state index contributed by atoms with van der Waals surface area (Å²) in [5, 5.41) is 11.3. The molecule has 1 aliphatic heterocycles. The topological polar surface area (TPSA) is 94.1 Å². The van der Waals surface area contributed by atoms with Crippen molar-refractivity contribution in [2.24, 2.45) is 0 Å². The molecule has 2 rings (SSSR count). The third-order valence-corrected chi connectivity index (χ3v) is 3.46. The van der Waals surface area contributed by atoms with E-state index < -0.39 is 18.0 Å². The van der Waals surface area contributed by atoms with Gasteiger partial charge in [-0.3, -0.25) is 4.79 Å². The smallest absolute Gasteiger partial charge is 0.334 e. The zero-order valence-corrected chi connectivity index (χ0v) is 12.8. The minimum Gasteiger partial charge on any atom is -0.486 e. The molecule has 1 atom stereocenters. The summed E-state index contributed by atoms with van der Waals surface area (Å²) >= 11 is 3.31. The van der Waals surface area contributed by atoms with Gasteiger partial charge in [-0.2, -0.15) is 0 Å². The summed E-state index contributed by atoms with van der Waals surface area (Å²) in [6.07, 6.45) is -1.09. The minimum absolute atomic E-state index is 0.128. The number of rotatable bonds is 5. The first-order valence-corrected chi connectivity index (χ1v) is 6.95. The van der Waals surface area contributed by atoms with Crippen molar-refractivity contribution in [3.8, 4) is 11.5 Å². The fourth-order valence-electron chi connectivity index (χ4n) is 1.80. The van der Waals surface area contributed by atoms with Crippen LogP contribution in [0.4, 0.5) is 0 Å². The number of carboxylic acid groups (broad SMARTS) is 1. The molecule has 0 aromatic heterocycles. The quantitative estimate of drug-likeness (QED) is 0.815. The largest absolute Gasteiger partial charge is 0.486 e. The summed E-state index contributed by atoms with van der Waals surface area (Å²) in [5.41, 5.74) is 0.339. The second kappa shape index (κ2) is 6.77. The Kier molecular flexibility index (Phi) is 5.03. The number of carbonyl (C=O) groups is 2. The Balaban J connectivity index is 2.09. The van der Waals surface area contributed by atoms with E-state index in [1.165, 1.54) is 7.11 Å². The highest BCUT2D eigenvalue weighted by atomic mass is 79.9. The Morgan fingerprint density at radius 3 is 2.81 bits per heavy atom. The molecule has 1 aliphatic rings. The maximum absolute atomic E-state index is 12.0. The van der Waals surface area contributed by atoms with E-state index in [1.807, 2.05) is 0 Å². The van der Waals surface area contributed by atoms with Gasteiger partial charge >= 0.3 is 5.97 Å². The van der Waals surface area contributed by atoms with Crippen LogP contribution in [0.1, 0.15) is 10.4 Å². The standard InChI is InChI=1S/C13H14BrNO6/c1-19-10(13(17)18)6-15-12(16)7-4-8(14)11-9(5-7)20-2-3-21-11/h4-5,10H,2-3,6H2,1H3,(H,15,16)(H,17,18). The van der Waals surface area contributed by atoms with E-state index in [9.17, 15) is 9.59 Å². The van der Waals surface area contributed by atoms with E-state index >= 15 is 0 Å².